The molecule has 5 rings (SSSR count). The maximum Gasteiger partial charge on any atom is 0.321 e. The van der Waals surface area contributed by atoms with E-state index in [1.165, 1.54) is 12.1 Å². The third kappa shape index (κ3) is 6.27. The lowest BCUT2D eigenvalue weighted by molar-refractivity contribution is -0.203. The number of hydrogen-bond acceptors (Lipinski definition) is 7. The Labute approximate surface area is 271 Å². The van der Waals surface area contributed by atoms with Crippen molar-refractivity contribution in [1.29, 1.82) is 0 Å². The van der Waals surface area contributed by atoms with Crippen LogP contribution < -0.4 is 0 Å². The number of hydrogen-bond donors (Lipinski definition) is 3. The van der Waals surface area contributed by atoms with Gasteiger partial charge in [-0.05, 0) is 121 Å². The fraction of sp³-hybridized carbons (Fsp3) is 0.811. The lowest BCUT2D eigenvalue weighted by Crippen LogP contribution is -2.62. The number of aliphatic hydroxyl groups is 3. The summed E-state index contributed by atoms with van der Waals surface area (Å²) in [7, 11) is -3.84. The van der Waals surface area contributed by atoms with Crippen LogP contribution in [-0.2, 0) is 24.8 Å². The normalized spacial score (nSPS) is 39.0. The highest BCUT2D eigenvalue weighted by Crippen LogP contribution is 2.69. The SMILES string of the molecule is CC[C@H]1[C@@H](O)[C@@H]2[C@H](CC[C@]3(C)[C@@H]([C@H](C)CCOC(=O)CS(=O)(=O)c4ccc(C(C)(C)CO)cc4)CC[C@@H]23)[C@@]2(C)CC[C@@H](O)C[C@@H]12. The molecule has 0 amide bonds. The van der Waals surface area contributed by atoms with Gasteiger partial charge < -0.3 is 20.1 Å². The highest BCUT2D eigenvalue weighted by atomic mass is 32.2. The van der Waals surface area contributed by atoms with Crippen LogP contribution in [0.15, 0.2) is 29.2 Å². The van der Waals surface area contributed by atoms with Gasteiger partial charge in [-0.25, -0.2) is 8.42 Å². The Morgan fingerprint density at radius 2 is 1.64 bits per heavy atom. The Morgan fingerprint density at radius 1 is 1.00 bits per heavy atom. The molecule has 4 saturated carbocycles. The molecule has 0 saturated heterocycles. The zero-order valence-electron chi connectivity index (χ0n) is 28.4. The fourth-order valence-corrected chi connectivity index (χ4v) is 12.1. The zero-order valence-corrected chi connectivity index (χ0v) is 29.2. The van der Waals surface area contributed by atoms with Crippen LogP contribution in [0.4, 0.5) is 0 Å². The van der Waals surface area contributed by atoms with Crippen molar-refractivity contribution in [3.05, 3.63) is 29.8 Å². The van der Waals surface area contributed by atoms with Crippen LogP contribution in [0.25, 0.3) is 0 Å². The minimum absolute atomic E-state index is 0.0570. The molecule has 4 aliphatic carbocycles. The number of aliphatic hydroxyl groups excluding tert-OH is 3. The first-order chi connectivity index (χ1) is 21.1. The molecule has 45 heavy (non-hydrogen) atoms. The molecule has 4 fully saturated rings. The highest BCUT2D eigenvalue weighted by Gasteiger charge is 2.64. The van der Waals surface area contributed by atoms with Crippen LogP contribution in [0, 0.1) is 52.3 Å². The molecule has 1 aromatic rings. The molecule has 0 heterocycles. The van der Waals surface area contributed by atoms with Crippen LogP contribution in [0.3, 0.4) is 0 Å². The van der Waals surface area contributed by atoms with E-state index in [0.717, 1.165) is 56.9 Å². The summed E-state index contributed by atoms with van der Waals surface area (Å²) in [4.78, 5) is 12.7. The third-order valence-electron chi connectivity index (χ3n) is 13.7. The van der Waals surface area contributed by atoms with Gasteiger partial charge in [-0.3, -0.25) is 4.79 Å². The van der Waals surface area contributed by atoms with E-state index in [1.54, 1.807) is 12.1 Å². The van der Waals surface area contributed by atoms with Gasteiger partial charge in [0.1, 0.15) is 0 Å². The molecule has 0 unspecified atom stereocenters. The zero-order chi connectivity index (χ0) is 32.9. The number of benzene rings is 1. The molecule has 8 heteroatoms. The maximum absolute atomic E-state index is 12.9. The van der Waals surface area contributed by atoms with Gasteiger partial charge in [-0.1, -0.05) is 60.1 Å². The van der Waals surface area contributed by atoms with Crippen LogP contribution >= 0.6 is 0 Å². The molecule has 11 atom stereocenters. The summed E-state index contributed by atoms with van der Waals surface area (Å²) in [6.45, 7) is 13.3. The molecule has 0 spiro atoms. The number of esters is 1. The van der Waals surface area contributed by atoms with Crippen molar-refractivity contribution >= 4 is 15.8 Å². The summed E-state index contributed by atoms with van der Waals surface area (Å²) in [5, 5.41) is 32.1. The van der Waals surface area contributed by atoms with E-state index in [-0.39, 0.29) is 47.1 Å². The van der Waals surface area contributed by atoms with E-state index >= 15 is 0 Å². The molecule has 7 nitrogen and oxygen atoms in total. The summed E-state index contributed by atoms with van der Waals surface area (Å²) in [5.41, 5.74) is 0.651. The second-order valence-electron chi connectivity index (χ2n) is 16.4. The summed E-state index contributed by atoms with van der Waals surface area (Å²) in [5.74, 6) is 1.27. The lowest BCUT2D eigenvalue weighted by Gasteiger charge is -2.64. The second kappa shape index (κ2) is 12.9. The topological polar surface area (TPSA) is 121 Å². The van der Waals surface area contributed by atoms with Crippen molar-refractivity contribution in [3.63, 3.8) is 0 Å². The van der Waals surface area contributed by atoms with Gasteiger partial charge in [-0.2, -0.15) is 0 Å². The second-order valence-corrected chi connectivity index (χ2v) is 18.4. The fourth-order valence-electron chi connectivity index (χ4n) is 11.0. The molecular weight excluding hydrogens is 588 g/mol. The first-order valence-corrected chi connectivity index (χ1v) is 19.2. The molecular formula is C37H58O7S. The van der Waals surface area contributed by atoms with Gasteiger partial charge in [0.15, 0.2) is 15.6 Å². The Balaban J connectivity index is 1.19. The van der Waals surface area contributed by atoms with Crippen LogP contribution in [0.2, 0.25) is 0 Å². The number of carbonyl (C=O) groups is 1. The summed E-state index contributed by atoms with van der Waals surface area (Å²) < 4.78 is 31.3. The van der Waals surface area contributed by atoms with Crippen molar-refractivity contribution < 1.29 is 33.3 Å². The van der Waals surface area contributed by atoms with Gasteiger partial charge >= 0.3 is 5.97 Å². The van der Waals surface area contributed by atoms with Crippen LogP contribution in [0.1, 0.15) is 105 Å². The number of rotatable bonds is 10. The Hall–Kier alpha value is -1.48. The van der Waals surface area contributed by atoms with Gasteiger partial charge in [0.2, 0.25) is 0 Å². The van der Waals surface area contributed by atoms with Crippen LogP contribution in [-0.4, -0.2) is 60.9 Å². The van der Waals surface area contributed by atoms with Crippen molar-refractivity contribution in [3.8, 4) is 0 Å². The van der Waals surface area contributed by atoms with E-state index in [9.17, 15) is 28.5 Å². The van der Waals surface area contributed by atoms with Crippen molar-refractivity contribution in [1.82, 2.24) is 0 Å². The summed E-state index contributed by atoms with van der Waals surface area (Å²) >= 11 is 0. The monoisotopic (exact) mass is 646 g/mol. The van der Waals surface area contributed by atoms with Crippen molar-refractivity contribution in [2.45, 2.75) is 122 Å². The van der Waals surface area contributed by atoms with E-state index < -0.39 is 27.0 Å². The molecule has 0 aromatic heterocycles. The lowest BCUT2D eigenvalue weighted by atomic mass is 9.41. The smallest absolute Gasteiger partial charge is 0.321 e. The molecule has 0 bridgehead atoms. The average Bonchev–Trinajstić information content (AvgIpc) is 3.35. The average molecular weight is 647 g/mol. The number of ether oxygens (including phenoxy) is 1. The molecule has 3 N–H and O–H groups in total. The Bertz CT molecular complexity index is 1310. The number of sulfone groups is 1. The maximum atomic E-state index is 12.9. The predicted molar refractivity (Wildman–Crippen MR) is 175 cm³/mol. The molecule has 1 aromatic carbocycles. The van der Waals surface area contributed by atoms with Gasteiger partial charge in [0, 0.05) is 5.41 Å². The quantitative estimate of drug-likeness (QED) is 0.270. The highest BCUT2D eigenvalue weighted by molar-refractivity contribution is 7.92. The first kappa shape index (κ1) is 34.8. The largest absolute Gasteiger partial charge is 0.465 e. The Morgan fingerprint density at radius 3 is 2.29 bits per heavy atom. The standard InChI is InChI=1S/C37H58O7S/c1-7-27-31-20-25(39)14-17-37(31,6)30-15-18-36(5)28(12-13-29(36)33(30)34(27)41)23(2)16-19-44-32(40)21-45(42,43)26-10-8-24(9-11-26)35(3,4)22-38/h8-11,23,25,27-31,33-34,38-39,41H,7,12-22H2,1-6H3/t23-,25-,27-,28-,29+,30+,31+,33+,34-,36-,37-/m1/s1. The van der Waals surface area contributed by atoms with Gasteiger partial charge in [0.05, 0.1) is 30.3 Å². The minimum Gasteiger partial charge on any atom is -0.465 e. The first-order valence-electron chi connectivity index (χ1n) is 17.5. The summed E-state index contributed by atoms with van der Waals surface area (Å²) in [6, 6.07) is 6.36. The van der Waals surface area contributed by atoms with Gasteiger partial charge in [0.25, 0.3) is 0 Å². The molecule has 0 radical (unpaired) electrons. The Kier molecular flexibility index (Phi) is 9.95. The van der Waals surface area contributed by atoms with E-state index in [1.807, 2.05) is 13.8 Å². The van der Waals surface area contributed by atoms with Crippen molar-refractivity contribution in [2.75, 3.05) is 19.0 Å². The molecule has 254 valence electrons. The van der Waals surface area contributed by atoms with E-state index in [4.69, 9.17) is 4.74 Å². The number of fused-ring (bicyclic) bond motifs is 5. The van der Waals surface area contributed by atoms with Crippen molar-refractivity contribution in [2.24, 2.45) is 52.3 Å². The minimum atomic E-state index is -3.84. The summed E-state index contributed by atoms with van der Waals surface area (Å²) in [6.07, 6.45) is 8.35. The van der Waals surface area contributed by atoms with E-state index in [2.05, 4.69) is 27.7 Å². The third-order valence-corrected chi connectivity index (χ3v) is 15.3. The molecule has 0 aliphatic heterocycles. The van der Waals surface area contributed by atoms with Gasteiger partial charge in [-0.15, -0.1) is 0 Å². The number of carbonyl (C=O) groups excluding carboxylic acids is 1. The van der Waals surface area contributed by atoms with Crippen LogP contribution in [0.5, 0.6) is 0 Å². The van der Waals surface area contributed by atoms with E-state index in [0.29, 0.717) is 41.9 Å². The predicted octanol–water partition coefficient (Wildman–Crippen LogP) is 5.93. The molecule has 4 aliphatic rings.